The van der Waals surface area contributed by atoms with Gasteiger partial charge in [0.15, 0.2) is 0 Å². The number of ether oxygens (including phenoxy) is 1. The molecule has 0 aromatic heterocycles. The van der Waals surface area contributed by atoms with Crippen LogP contribution in [-0.4, -0.2) is 53.1 Å². The van der Waals surface area contributed by atoms with Crippen molar-refractivity contribution in [1.82, 2.24) is 4.90 Å². The average molecular weight is 519 g/mol. The number of hydrogen-bond donors (Lipinski definition) is 2. The number of amides is 2. The summed E-state index contributed by atoms with van der Waals surface area (Å²) >= 11 is 0. The smallest absolute Gasteiger partial charge is 0.310 e. The lowest BCUT2D eigenvalue weighted by molar-refractivity contribution is -0.156. The Balaban J connectivity index is 1.77. The van der Waals surface area contributed by atoms with Gasteiger partial charge in [0.2, 0.25) is 11.8 Å². The molecule has 2 aromatic rings. The molecular weight excluding hydrogens is 480 g/mol. The second-order valence-corrected chi connectivity index (χ2v) is 10.3. The number of rotatable bonds is 9. The number of aliphatic hydroxyl groups excluding tert-OH is 1. The zero-order valence-corrected chi connectivity index (χ0v) is 22.6. The van der Waals surface area contributed by atoms with E-state index in [0.717, 1.165) is 16.7 Å². The van der Waals surface area contributed by atoms with Crippen LogP contribution in [0.2, 0.25) is 0 Å². The van der Waals surface area contributed by atoms with Gasteiger partial charge >= 0.3 is 5.97 Å². The van der Waals surface area contributed by atoms with Crippen molar-refractivity contribution < 1.29 is 24.2 Å². The van der Waals surface area contributed by atoms with Gasteiger partial charge in [0.25, 0.3) is 0 Å². The molecule has 1 aliphatic heterocycles. The van der Waals surface area contributed by atoms with Crippen molar-refractivity contribution in [2.45, 2.75) is 52.6 Å². The SMILES string of the molecule is CCOC(=O)[C@H]1[C@@H]2C(=O)N([C@@H](CO)Cc3ccccc3)[C@H](C(=O)Nc3c(C)cccc3C)[C@H]2C=C[C@H]1CC. The first-order valence-electron chi connectivity index (χ1n) is 13.5. The van der Waals surface area contributed by atoms with Crippen molar-refractivity contribution in [1.29, 1.82) is 0 Å². The van der Waals surface area contributed by atoms with E-state index in [1.807, 2.05) is 81.5 Å². The summed E-state index contributed by atoms with van der Waals surface area (Å²) in [5.41, 5.74) is 3.50. The molecule has 2 amide bonds. The molecule has 1 heterocycles. The van der Waals surface area contributed by atoms with Gasteiger partial charge < -0.3 is 20.1 Å². The fourth-order valence-electron chi connectivity index (χ4n) is 6.13. The van der Waals surface area contributed by atoms with Gasteiger partial charge in [0, 0.05) is 11.6 Å². The summed E-state index contributed by atoms with van der Waals surface area (Å²) in [6.45, 7) is 7.50. The molecule has 1 saturated heterocycles. The number of anilines is 1. The largest absolute Gasteiger partial charge is 0.466 e. The highest BCUT2D eigenvalue weighted by atomic mass is 16.5. The Labute approximate surface area is 224 Å². The van der Waals surface area contributed by atoms with Crippen LogP contribution in [0.15, 0.2) is 60.7 Å². The molecule has 6 atom stereocenters. The minimum absolute atomic E-state index is 0.164. The second kappa shape index (κ2) is 11.9. The van der Waals surface area contributed by atoms with E-state index in [0.29, 0.717) is 18.5 Å². The summed E-state index contributed by atoms with van der Waals surface area (Å²) in [6.07, 6.45) is 4.95. The number of nitrogens with one attached hydrogen (secondary N) is 1. The van der Waals surface area contributed by atoms with Gasteiger partial charge in [0.1, 0.15) is 6.04 Å². The van der Waals surface area contributed by atoms with E-state index in [1.165, 1.54) is 0 Å². The van der Waals surface area contributed by atoms with Gasteiger partial charge in [-0.15, -0.1) is 0 Å². The number of para-hydroxylation sites is 1. The number of hydrogen-bond acceptors (Lipinski definition) is 5. The van der Waals surface area contributed by atoms with Crippen LogP contribution >= 0.6 is 0 Å². The number of nitrogens with zero attached hydrogens (tertiary/aromatic N) is 1. The first-order chi connectivity index (χ1) is 18.3. The lowest BCUT2D eigenvalue weighted by Crippen LogP contribution is -2.51. The lowest BCUT2D eigenvalue weighted by Gasteiger charge is -2.34. The van der Waals surface area contributed by atoms with E-state index in [2.05, 4.69) is 5.32 Å². The van der Waals surface area contributed by atoms with Crippen LogP contribution in [-0.2, 0) is 25.5 Å². The van der Waals surface area contributed by atoms with Crippen LogP contribution in [0.25, 0.3) is 0 Å². The minimum Gasteiger partial charge on any atom is -0.466 e. The quantitative estimate of drug-likeness (QED) is 0.386. The molecule has 2 aromatic carbocycles. The molecule has 4 rings (SSSR count). The van der Waals surface area contributed by atoms with Crippen molar-refractivity contribution in [3.05, 3.63) is 77.4 Å². The number of esters is 1. The van der Waals surface area contributed by atoms with E-state index in [4.69, 9.17) is 4.74 Å². The van der Waals surface area contributed by atoms with Gasteiger partial charge in [0.05, 0.1) is 31.1 Å². The molecule has 7 nitrogen and oxygen atoms in total. The number of likely N-dealkylation sites (tertiary alicyclic amines) is 1. The van der Waals surface area contributed by atoms with E-state index in [1.54, 1.807) is 11.8 Å². The van der Waals surface area contributed by atoms with Gasteiger partial charge in [-0.25, -0.2) is 0 Å². The standard InChI is InChI=1S/C31H38N2O5/c1-5-22-15-16-24-26(25(22)31(37)38-6-2)30(36)33(23(18-34)17-21-13-8-7-9-14-21)28(24)29(35)32-27-19(3)11-10-12-20(27)4/h7-16,22-26,28,34H,5-6,17-18H2,1-4H3,(H,32,35)/t22-,23-,24+,25-,26-,28+/m1/s1. The molecule has 2 aliphatic rings. The summed E-state index contributed by atoms with van der Waals surface area (Å²) in [5.74, 6) is -3.12. The van der Waals surface area contributed by atoms with Crippen molar-refractivity contribution in [2.75, 3.05) is 18.5 Å². The molecule has 7 heteroatoms. The molecule has 1 aliphatic carbocycles. The van der Waals surface area contributed by atoms with E-state index < -0.39 is 35.8 Å². The third-order valence-corrected chi connectivity index (χ3v) is 7.99. The second-order valence-electron chi connectivity index (χ2n) is 10.3. The molecular formula is C31H38N2O5. The van der Waals surface area contributed by atoms with E-state index in [9.17, 15) is 19.5 Å². The third-order valence-electron chi connectivity index (χ3n) is 7.99. The Morgan fingerprint density at radius 1 is 1.03 bits per heavy atom. The number of allylic oxidation sites excluding steroid dienone is 1. The first-order valence-corrected chi connectivity index (χ1v) is 13.5. The van der Waals surface area contributed by atoms with Crippen molar-refractivity contribution in [3.8, 4) is 0 Å². The Morgan fingerprint density at radius 3 is 2.32 bits per heavy atom. The van der Waals surface area contributed by atoms with Gasteiger partial charge in [-0.05, 0) is 56.2 Å². The minimum atomic E-state index is -0.877. The molecule has 0 spiro atoms. The number of carbonyl (C=O) groups excluding carboxylic acids is 3. The summed E-state index contributed by atoms with van der Waals surface area (Å²) < 4.78 is 5.42. The summed E-state index contributed by atoms with van der Waals surface area (Å²) in [6, 6.07) is 13.9. The Hall–Kier alpha value is -3.45. The van der Waals surface area contributed by atoms with Gasteiger partial charge in [-0.3, -0.25) is 14.4 Å². The van der Waals surface area contributed by atoms with Crippen molar-refractivity contribution in [3.63, 3.8) is 0 Å². The fourth-order valence-corrected chi connectivity index (χ4v) is 6.13. The van der Waals surface area contributed by atoms with Crippen LogP contribution in [0, 0.1) is 37.5 Å². The maximum atomic E-state index is 14.2. The Morgan fingerprint density at radius 2 is 1.71 bits per heavy atom. The van der Waals surface area contributed by atoms with Crippen LogP contribution in [0.4, 0.5) is 5.69 Å². The Bertz CT molecular complexity index is 1170. The third kappa shape index (κ3) is 5.25. The van der Waals surface area contributed by atoms with Crippen LogP contribution in [0.1, 0.15) is 37.0 Å². The summed E-state index contributed by atoms with van der Waals surface area (Å²) in [7, 11) is 0. The summed E-state index contributed by atoms with van der Waals surface area (Å²) in [5, 5.41) is 13.6. The van der Waals surface area contributed by atoms with Gasteiger partial charge in [-0.1, -0.05) is 67.6 Å². The zero-order valence-electron chi connectivity index (χ0n) is 22.6. The average Bonchev–Trinajstić information content (AvgIpc) is 3.21. The topological polar surface area (TPSA) is 95.9 Å². The van der Waals surface area contributed by atoms with Gasteiger partial charge in [-0.2, -0.15) is 0 Å². The summed E-state index contributed by atoms with van der Waals surface area (Å²) in [4.78, 5) is 42.9. The highest BCUT2D eigenvalue weighted by Crippen LogP contribution is 2.46. The number of aryl methyl sites for hydroxylation is 2. The normalized spacial score (nSPS) is 25.1. The first kappa shape index (κ1) is 27.6. The maximum Gasteiger partial charge on any atom is 0.310 e. The monoisotopic (exact) mass is 518 g/mol. The number of aliphatic hydroxyl groups is 1. The van der Waals surface area contributed by atoms with Crippen molar-refractivity contribution in [2.24, 2.45) is 23.7 Å². The molecule has 0 radical (unpaired) electrons. The van der Waals surface area contributed by atoms with Crippen LogP contribution < -0.4 is 5.32 Å². The number of fused-ring (bicyclic) bond motifs is 1. The number of benzene rings is 2. The molecule has 38 heavy (non-hydrogen) atoms. The Kier molecular flexibility index (Phi) is 8.67. The highest BCUT2D eigenvalue weighted by molar-refractivity contribution is 6.02. The molecule has 1 fully saturated rings. The zero-order chi connectivity index (χ0) is 27.4. The molecule has 0 unspecified atom stereocenters. The lowest BCUT2D eigenvalue weighted by atomic mass is 9.69. The highest BCUT2D eigenvalue weighted by Gasteiger charge is 2.58. The van der Waals surface area contributed by atoms with E-state index >= 15 is 0 Å². The molecule has 2 N–H and O–H groups in total. The molecule has 0 saturated carbocycles. The predicted molar refractivity (Wildman–Crippen MR) is 146 cm³/mol. The maximum absolute atomic E-state index is 14.2. The van der Waals surface area contributed by atoms with Crippen LogP contribution in [0.3, 0.4) is 0 Å². The fraction of sp³-hybridized carbons (Fsp3) is 0.452. The van der Waals surface area contributed by atoms with Crippen molar-refractivity contribution >= 4 is 23.5 Å². The molecule has 0 bridgehead atoms. The molecule has 202 valence electrons. The van der Waals surface area contributed by atoms with Crippen LogP contribution in [0.5, 0.6) is 0 Å². The number of carbonyl (C=O) groups is 3. The predicted octanol–water partition coefficient (Wildman–Crippen LogP) is 4.06. The van der Waals surface area contributed by atoms with E-state index in [-0.39, 0.29) is 30.9 Å².